The zero-order valence-electron chi connectivity index (χ0n) is 15.3. The van der Waals surface area contributed by atoms with Gasteiger partial charge in [0.2, 0.25) is 5.91 Å². The number of carbonyl (C=O) groups excluding carboxylic acids is 2. The van der Waals surface area contributed by atoms with Crippen LogP contribution in [0.1, 0.15) is 55.3 Å². The Morgan fingerprint density at radius 2 is 1.58 bits per heavy atom. The topological polar surface area (TPSA) is 63.4 Å². The number of ketones is 1. The van der Waals surface area contributed by atoms with E-state index in [0.29, 0.717) is 11.5 Å². The van der Waals surface area contributed by atoms with Crippen LogP contribution in [0.4, 0.5) is 4.39 Å². The average Bonchev–Trinajstić information content (AvgIpc) is 2.67. The summed E-state index contributed by atoms with van der Waals surface area (Å²) in [5, 5.41) is 0. The highest BCUT2D eigenvalue weighted by Gasteiger charge is 2.28. The van der Waals surface area contributed by atoms with Gasteiger partial charge in [-0.25, -0.2) is 4.39 Å². The van der Waals surface area contributed by atoms with Crippen LogP contribution in [0.25, 0.3) is 0 Å². The highest BCUT2D eigenvalue weighted by atomic mass is 19.1. The Hall–Kier alpha value is -1.75. The highest BCUT2D eigenvalue weighted by Crippen LogP contribution is 2.31. The number of benzene rings is 1. The summed E-state index contributed by atoms with van der Waals surface area (Å²) in [6, 6.07) is 5.89. The highest BCUT2D eigenvalue weighted by molar-refractivity contribution is 5.97. The SMILES string of the molecule is NC(=O)C1CCC(CCN2CCC(C(=O)c3ccc(F)cc3)CC2)CC1. The van der Waals surface area contributed by atoms with E-state index in [0.717, 1.165) is 58.2 Å². The third-order valence-electron chi connectivity index (χ3n) is 6.19. The molecule has 1 aromatic carbocycles. The average molecular weight is 360 g/mol. The van der Waals surface area contributed by atoms with Gasteiger partial charge < -0.3 is 10.6 Å². The molecule has 1 aromatic rings. The molecule has 0 aromatic heterocycles. The zero-order valence-corrected chi connectivity index (χ0v) is 15.3. The first-order valence-electron chi connectivity index (χ1n) is 9.84. The molecule has 1 amide bonds. The van der Waals surface area contributed by atoms with Gasteiger partial charge in [-0.2, -0.15) is 0 Å². The van der Waals surface area contributed by atoms with Crippen molar-refractivity contribution >= 4 is 11.7 Å². The molecule has 0 radical (unpaired) electrons. The van der Waals surface area contributed by atoms with Gasteiger partial charge in [0, 0.05) is 17.4 Å². The molecule has 2 fully saturated rings. The second kappa shape index (κ2) is 8.76. The lowest BCUT2D eigenvalue weighted by molar-refractivity contribution is -0.123. The van der Waals surface area contributed by atoms with Crippen LogP contribution in [0.5, 0.6) is 0 Å². The van der Waals surface area contributed by atoms with Gasteiger partial charge >= 0.3 is 0 Å². The van der Waals surface area contributed by atoms with E-state index in [1.165, 1.54) is 18.6 Å². The van der Waals surface area contributed by atoms with Crippen LogP contribution < -0.4 is 5.73 Å². The van der Waals surface area contributed by atoms with Gasteiger partial charge in [-0.3, -0.25) is 9.59 Å². The molecule has 26 heavy (non-hydrogen) atoms. The van der Waals surface area contributed by atoms with Crippen molar-refractivity contribution in [2.75, 3.05) is 19.6 Å². The third-order valence-corrected chi connectivity index (χ3v) is 6.19. The Balaban J connectivity index is 1.38. The molecule has 1 heterocycles. The summed E-state index contributed by atoms with van der Waals surface area (Å²) in [5.41, 5.74) is 6.02. The van der Waals surface area contributed by atoms with E-state index in [9.17, 15) is 14.0 Å². The molecule has 142 valence electrons. The van der Waals surface area contributed by atoms with Crippen LogP contribution >= 0.6 is 0 Å². The van der Waals surface area contributed by atoms with E-state index in [4.69, 9.17) is 5.73 Å². The molecule has 2 N–H and O–H groups in total. The summed E-state index contributed by atoms with van der Waals surface area (Å²) in [7, 11) is 0. The smallest absolute Gasteiger partial charge is 0.220 e. The molecule has 5 heteroatoms. The van der Waals surface area contributed by atoms with Crippen molar-refractivity contribution in [1.29, 1.82) is 0 Å². The standard InChI is InChI=1S/C21H29FN2O2/c22-19-7-5-16(6-8-19)20(25)17-10-13-24(14-11-17)12-9-15-1-3-18(4-2-15)21(23)26/h5-8,15,17-18H,1-4,9-14H2,(H2,23,26). The van der Waals surface area contributed by atoms with E-state index in [1.807, 2.05) is 0 Å². The number of halogens is 1. The predicted octanol–water partition coefficient (Wildman–Crippen LogP) is 3.40. The van der Waals surface area contributed by atoms with Crippen LogP contribution in [-0.2, 0) is 4.79 Å². The van der Waals surface area contributed by atoms with Crippen molar-refractivity contribution in [1.82, 2.24) is 4.90 Å². The summed E-state index contributed by atoms with van der Waals surface area (Å²) >= 11 is 0. The Bertz CT molecular complexity index is 615. The molecule has 4 nitrogen and oxygen atoms in total. The number of Topliss-reactive ketones (excluding diaryl/α,β-unsaturated/α-hetero) is 1. The number of nitrogens with zero attached hydrogens (tertiary/aromatic N) is 1. The fraction of sp³-hybridized carbons (Fsp3) is 0.619. The van der Waals surface area contributed by atoms with Gasteiger partial charge in [-0.1, -0.05) is 0 Å². The lowest BCUT2D eigenvalue weighted by Crippen LogP contribution is -2.37. The molecule has 0 unspecified atom stereocenters. The van der Waals surface area contributed by atoms with Crippen LogP contribution in [0, 0.1) is 23.6 Å². The first-order valence-corrected chi connectivity index (χ1v) is 9.84. The molecule has 1 aliphatic carbocycles. The van der Waals surface area contributed by atoms with Crippen LogP contribution in [0.2, 0.25) is 0 Å². The maximum atomic E-state index is 13.0. The van der Waals surface area contributed by atoms with Gasteiger partial charge in [-0.15, -0.1) is 0 Å². The molecule has 2 aliphatic rings. The summed E-state index contributed by atoms with van der Waals surface area (Å²) in [5.74, 6) is 0.540. The van der Waals surface area contributed by atoms with Gasteiger partial charge in [0.15, 0.2) is 5.78 Å². The minimum absolute atomic E-state index is 0.0581. The largest absolute Gasteiger partial charge is 0.369 e. The van der Waals surface area contributed by atoms with Crippen molar-refractivity contribution in [3.8, 4) is 0 Å². The molecule has 1 aliphatic heterocycles. The Labute approximate surface area is 154 Å². The van der Waals surface area contributed by atoms with E-state index in [1.54, 1.807) is 12.1 Å². The lowest BCUT2D eigenvalue weighted by atomic mass is 9.80. The van der Waals surface area contributed by atoms with E-state index in [-0.39, 0.29) is 29.3 Å². The van der Waals surface area contributed by atoms with Gasteiger partial charge in [0.1, 0.15) is 5.82 Å². The lowest BCUT2D eigenvalue weighted by Gasteiger charge is -2.33. The molecule has 0 atom stereocenters. The quantitative estimate of drug-likeness (QED) is 0.791. The van der Waals surface area contributed by atoms with Gasteiger partial charge in [0.25, 0.3) is 0 Å². The normalized spacial score (nSPS) is 25.1. The number of piperidine rings is 1. The number of likely N-dealkylation sites (tertiary alicyclic amines) is 1. The monoisotopic (exact) mass is 360 g/mol. The maximum Gasteiger partial charge on any atom is 0.220 e. The molecule has 1 saturated carbocycles. The van der Waals surface area contributed by atoms with Gasteiger partial charge in [0.05, 0.1) is 0 Å². The summed E-state index contributed by atoms with van der Waals surface area (Å²) in [6.07, 6.45) is 7.01. The van der Waals surface area contributed by atoms with E-state index >= 15 is 0 Å². The minimum atomic E-state index is -0.304. The zero-order chi connectivity index (χ0) is 18.5. The molecule has 1 saturated heterocycles. The number of primary amides is 1. The summed E-state index contributed by atoms with van der Waals surface area (Å²) < 4.78 is 13.0. The molecular weight excluding hydrogens is 331 g/mol. The molecule has 0 bridgehead atoms. The minimum Gasteiger partial charge on any atom is -0.369 e. The first kappa shape index (κ1) is 19.0. The number of nitrogens with two attached hydrogens (primary N) is 1. The van der Waals surface area contributed by atoms with Crippen molar-refractivity contribution in [2.45, 2.75) is 44.9 Å². The predicted molar refractivity (Wildman–Crippen MR) is 99.2 cm³/mol. The number of hydrogen-bond donors (Lipinski definition) is 1. The van der Waals surface area contributed by atoms with Crippen molar-refractivity contribution in [2.24, 2.45) is 23.5 Å². The van der Waals surface area contributed by atoms with Gasteiger partial charge in [-0.05, 0) is 94.8 Å². The van der Waals surface area contributed by atoms with Crippen LogP contribution in [-0.4, -0.2) is 36.2 Å². The van der Waals surface area contributed by atoms with Crippen LogP contribution in [0.15, 0.2) is 24.3 Å². The summed E-state index contributed by atoms with van der Waals surface area (Å²) in [6.45, 7) is 2.98. The van der Waals surface area contributed by atoms with Crippen molar-refractivity contribution in [3.05, 3.63) is 35.6 Å². The second-order valence-electron chi connectivity index (χ2n) is 7.90. The first-order chi connectivity index (χ1) is 12.5. The third kappa shape index (κ3) is 4.91. The number of rotatable bonds is 6. The molecular formula is C21H29FN2O2. The molecule has 3 rings (SSSR count). The number of hydrogen-bond acceptors (Lipinski definition) is 3. The summed E-state index contributed by atoms with van der Waals surface area (Å²) in [4.78, 5) is 26.2. The van der Waals surface area contributed by atoms with E-state index in [2.05, 4.69) is 4.90 Å². The van der Waals surface area contributed by atoms with Crippen molar-refractivity contribution in [3.63, 3.8) is 0 Å². The Morgan fingerprint density at radius 3 is 2.15 bits per heavy atom. The maximum absolute atomic E-state index is 13.0. The Morgan fingerprint density at radius 1 is 0.962 bits per heavy atom. The van der Waals surface area contributed by atoms with Crippen LogP contribution in [0.3, 0.4) is 0 Å². The van der Waals surface area contributed by atoms with Crippen molar-refractivity contribution < 1.29 is 14.0 Å². The fourth-order valence-electron chi connectivity index (χ4n) is 4.37. The Kier molecular flexibility index (Phi) is 6.41. The fourth-order valence-corrected chi connectivity index (χ4v) is 4.37. The number of carbonyl (C=O) groups is 2. The number of amides is 1. The molecule has 0 spiro atoms. The van der Waals surface area contributed by atoms with E-state index < -0.39 is 0 Å². The second-order valence-corrected chi connectivity index (χ2v) is 7.90.